The van der Waals surface area contributed by atoms with Gasteiger partial charge in [0.25, 0.3) is 0 Å². The van der Waals surface area contributed by atoms with Gasteiger partial charge in [-0.2, -0.15) is 0 Å². The Hall–Kier alpha value is -7.56. The number of fused-ring (bicyclic) bond motifs is 7. The summed E-state index contributed by atoms with van der Waals surface area (Å²) in [4.78, 5) is 10.4. The van der Waals surface area contributed by atoms with Crippen molar-refractivity contribution in [2.24, 2.45) is 0 Å². The minimum Gasteiger partial charge on any atom is -0.309 e. The molecule has 8 aromatic carbocycles. The van der Waals surface area contributed by atoms with Gasteiger partial charge in [0.1, 0.15) is 0 Å². The summed E-state index contributed by atoms with van der Waals surface area (Å²) in [7, 11) is 0. The topological polar surface area (TPSA) is 35.6 Å². The van der Waals surface area contributed by atoms with Gasteiger partial charge in [0.05, 0.1) is 33.5 Å². The number of rotatable bonds is 6. The van der Waals surface area contributed by atoms with Crippen LogP contribution < -0.4 is 0 Å². The summed E-state index contributed by atoms with van der Waals surface area (Å²) >= 11 is 0. The minimum atomic E-state index is 0.685. The van der Waals surface area contributed by atoms with E-state index in [0.717, 1.165) is 50.5 Å². The van der Waals surface area contributed by atoms with E-state index >= 15 is 0 Å². The lowest BCUT2D eigenvalue weighted by atomic mass is 10.0. The summed E-state index contributed by atoms with van der Waals surface area (Å²) in [5.41, 5.74) is 14.1. The molecule has 0 unspecified atom stereocenters. The molecular formula is C52H34N4. The molecule has 262 valence electrons. The highest BCUT2D eigenvalue weighted by molar-refractivity contribution is 6.28. The molecule has 3 aromatic heterocycles. The fourth-order valence-electron chi connectivity index (χ4n) is 8.38. The van der Waals surface area contributed by atoms with E-state index in [1.54, 1.807) is 0 Å². The summed E-state index contributed by atoms with van der Waals surface area (Å²) in [6.45, 7) is 0. The second kappa shape index (κ2) is 13.1. The average Bonchev–Trinajstić information content (AvgIpc) is 3.80. The van der Waals surface area contributed by atoms with E-state index in [-0.39, 0.29) is 0 Å². The molecule has 0 bridgehead atoms. The normalized spacial score (nSPS) is 11.6. The van der Waals surface area contributed by atoms with Gasteiger partial charge in [0, 0.05) is 49.6 Å². The zero-order chi connectivity index (χ0) is 37.0. The van der Waals surface area contributed by atoms with Crippen LogP contribution in [0.3, 0.4) is 0 Å². The van der Waals surface area contributed by atoms with Gasteiger partial charge in [-0.25, -0.2) is 9.97 Å². The average molecular weight is 715 g/mol. The molecule has 4 nitrogen and oxygen atoms in total. The summed E-state index contributed by atoms with van der Waals surface area (Å²) < 4.78 is 4.78. The maximum Gasteiger partial charge on any atom is 0.160 e. The van der Waals surface area contributed by atoms with Crippen molar-refractivity contribution in [3.8, 4) is 56.4 Å². The number of benzene rings is 8. The lowest BCUT2D eigenvalue weighted by Gasteiger charge is -2.12. The fraction of sp³-hybridized carbons (Fsp3) is 0. The molecule has 0 amide bonds. The van der Waals surface area contributed by atoms with Crippen LogP contribution in [0.15, 0.2) is 206 Å². The largest absolute Gasteiger partial charge is 0.309 e. The van der Waals surface area contributed by atoms with Gasteiger partial charge in [0.15, 0.2) is 5.82 Å². The molecule has 3 heterocycles. The highest BCUT2D eigenvalue weighted by Gasteiger charge is 2.21. The third-order valence-corrected chi connectivity index (χ3v) is 10.9. The van der Waals surface area contributed by atoms with Crippen molar-refractivity contribution >= 4 is 43.6 Å². The molecule has 56 heavy (non-hydrogen) atoms. The second-order valence-electron chi connectivity index (χ2n) is 14.2. The van der Waals surface area contributed by atoms with E-state index in [1.807, 2.05) is 12.1 Å². The van der Waals surface area contributed by atoms with Crippen molar-refractivity contribution in [1.82, 2.24) is 19.1 Å². The van der Waals surface area contributed by atoms with Crippen LogP contribution in [0.2, 0.25) is 0 Å². The molecule has 0 aliphatic carbocycles. The SMILES string of the molecule is c1ccc(-c2ccc(-c3cc(-c4ccccc4)nc(-c4cccc(-n5c6ccccc6c6c7c8ccccc8n(-c8ccccc8)c7ccc65)c4)n3)cc2)cc1. The van der Waals surface area contributed by atoms with Gasteiger partial charge in [0.2, 0.25) is 0 Å². The first-order valence-corrected chi connectivity index (χ1v) is 19.0. The fourth-order valence-corrected chi connectivity index (χ4v) is 8.38. The number of para-hydroxylation sites is 3. The van der Waals surface area contributed by atoms with E-state index in [4.69, 9.17) is 9.97 Å². The molecular weight excluding hydrogens is 681 g/mol. The molecule has 0 radical (unpaired) electrons. The maximum atomic E-state index is 5.23. The molecule has 11 aromatic rings. The smallest absolute Gasteiger partial charge is 0.160 e. The highest BCUT2D eigenvalue weighted by atomic mass is 15.0. The first-order chi connectivity index (χ1) is 27.8. The number of aromatic nitrogens is 4. The quantitative estimate of drug-likeness (QED) is 0.172. The van der Waals surface area contributed by atoms with E-state index in [9.17, 15) is 0 Å². The Morgan fingerprint density at radius 2 is 0.714 bits per heavy atom. The molecule has 4 heteroatoms. The molecule has 0 N–H and O–H groups in total. The Morgan fingerprint density at radius 1 is 0.286 bits per heavy atom. The predicted octanol–water partition coefficient (Wildman–Crippen LogP) is 13.3. The summed E-state index contributed by atoms with van der Waals surface area (Å²) in [5, 5.41) is 4.97. The summed E-state index contributed by atoms with van der Waals surface area (Å²) in [6.07, 6.45) is 0. The number of hydrogen-bond acceptors (Lipinski definition) is 2. The molecule has 0 saturated carbocycles. The van der Waals surface area contributed by atoms with Crippen LogP contribution >= 0.6 is 0 Å². The van der Waals surface area contributed by atoms with E-state index < -0.39 is 0 Å². The third kappa shape index (κ3) is 5.23. The molecule has 0 aliphatic heterocycles. The first-order valence-electron chi connectivity index (χ1n) is 19.0. The number of hydrogen-bond donors (Lipinski definition) is 0. The summed E-state index contributed by atoms with van der Waals surface area (Å²) in [6, 6.07) is 73.0. The van der Waals surface area contributed by atoms with Gasteiger partial charge in [-0.1, -0.05) is 152 Å². The Kier molecular flexibility index (Phi) is 7.46. The van der Waals surface area contributed by atoms with Crippen molar-refractivity contribution in [2.75, 3.05) is 0 Å². The Labute approximate surface area is 324 Å². The second-order valence-corrected chi connectivity index (χ2v) is 14.2. The minimum absolute atomic E-state index is 0.685. The van der Waals surface area contributed by atoms with Crippen LogP contribution in [0.25, 0.3) is 100 Å². The molecule has 0 saturated heterocycles. The van der Waals surface area contributed by atoms with E-state index in [2.05, 4.69) is 203 Å². The van der Waals surface area contributed by atoms with Crippen molar-refractivity contribution in [1.29, 1.82) is 0 Å². The molecule has 0 spiro atoms. The predicted molar refractivity (Wildman–Crippen MR) is 232 cm³/mol. The summed E-state index contributed by atoms with van der Waals surface area (Å²) in [5.74, 6) is 0.685. The van der Waals surface area contributed by atoms with Crippen LogP contribution in [-0.2, 0) is 0 Å². The van der Waals surface area contributed by atoms with Gasteiger partial charge >= 0.3 is 0 Å². The van der Waals surface area contributed by atoms with Crippen molar-refractivity contribution in [3.63, 3.8) is 0 Å². The molecule has 0 atom stereocenters. The first kappa shape index (κ1) is 31.9. The van der Waals surface area contributed by atoms with Crippen LogP contribution in [0.4, 0.5) is 0 Å². The third-order valence-electron chi connectivity index (χ3n) is 10.9. The van der Waals surface area contributed by atoms with E-state index in [1.165, 1.54) is 43.7 Å². The zero-order valence-electron chi connectivity index (χ0n) is 30.4. The van der Waals surface area contributed by atoms with E-state index in [0.29, 0.717) is 5.82 Å². The van der Waals surface area contributed by atoms with Gasteiger partial charge in [-0.05, 0) is 65.7 Å². The zero-order valence-corrected chi connectivity index (χ0v) is 30.4. The molecule has 0 aliphatic rings. The highest BCUT2D eigenvalue weighted by Crippen LogP contribution is 2.42. The van der Waals surface area contributed by atoms with Crippen molar-refractivity contribution in [2.45, 2.75) is 0 Å². The maximum absolute atomic E-state index is 5.23. The monoisotopic (exact) mass is 714 g/mol. The lowest BCUT2D eigenvalue weighted by Crippen LogP contribution is -1.98. The Balaban J connectivity index is 1.10. The van der Waals surface area contributed by atoms with Crippen molar-refractivity contribution in [3.05, 3.63) is 206 Å². The molecule has 0 fully saturated rings. The van der Waals surface area contributed by atoms with Gasteiger partial charge < -0.3 is 9.13 Å². The Morgan fingerprint density at radius 3 is 1.32 bits per heavy atom. The van der Waals surface area contributed by atoms with Gasteiger partial charge in [-0.15, -0.1) is 0 Å². The lowest BCUT2D eigenvalue weighted by molar-refractivity contribution is 1.16. The van der Waals surface area contributed by atoms with Gasteiger partial charge in [-0.3, -0.25) is 0 Å². The Bertz CT molecular complexity index is 3220. The number of nitrogens with zero attached hydrogens (tertiary/aromatic N) is 4. The van der Waals surface area contributed by atoms with Crippen LogP contribution in [0, 0.1) is 0 Å². The van der Waals surface area contributed by atoms with Crippen LogP contribution in [-0.4, -0.2) is 19.1 Å². The standard InChI is InChI=1S/C52H34N4/c1-4-15-35(16-5-1)36-27-29-38(30-28-36)45-34-44(37-17-6-2-7-18-37)53-52(54-45)39-19-14-22-41(33-39)56-47-26-13-11-24-43(47)51-49(56)32-31-48-50(51)42-23-10-12-25-46(42)55(48)40-20-8-3-9-21-40/h1-34H. The van der Waals surface area contributed by atoms with Crippen LogP contribution in [0.1, 0.15) is 0 Å². The molecule has 11 rings (SSSR count). The van der Waals surface area contributed by atoms with Crippen LogP contribution in [0.5, 0.6) is 0 Å². The van der Waals surface area contributed by atoms with Crippen molar-refractivity contribution < 1.29 is 0 Å².